The molecular formula is C12H14BrN3O2S. The number of anilines is 1. The molecule has 19 heavy (non-hydrogen) atoms. The number of hydrogen-bond acceptors (Lipinski definition) is 4. The van der Waals surface area contributed by atoms with Crippen molar-refractivity contribution in [2.75, 3.05) is 11.5 Å². The van der Waals surface area contributed by atoms with E-state index in [2.05, 4.69) is 26.6 Å². The molecule has 0 unspecified atom stereocenters. The minimum absolute atomic E-state index is 0.157. The number of thioether (sulfide) groups is 1. The van der Waals surface area contributed by atoms with Crippen LogP contribution in [0.4, 0.5) is 10.5 Å². The highest BCUT2D eigenvalue weighted by atomic mass is 79.9. The molecule has 0 saturated heterocycles. The Kier molecular flexibility index (Phi) is 4.71. The Hall–Kier alpha value is -1.21. The molecule has 5 nitrogen and oxygen atoms in total. The van der Waals surface area contributed by atoms with Gasteiger partial charge in [-0.2, -0.15) is 0 Å². The van der Waals surface area contributed by atoms with Crippen LogP contribution in [-0.4, -0.2) is 23.7 Å². The standard InChI is InChI=1S/C12H14BrN3O2S/c13-7-1-4-10(9(14)5-7)19-6-11(17)16-12(18)15-8-2-3-8/h1,4-5,8H,2-3,6,14H2,(H2,15,16,17,18). The third-order valence-electron chi connectivity index (χ3n) is 2.50. The van der Waals surface area contributed by atoms with E-state index in [0.717, 1.165) is 22.2 Å². The molecule has 0 radical (unpaired) electrons. The van der Waals surface area contributed by atoms with Gasteiger partial charge >= 0.3 is 6.03 Å². The molecule has 0 bridgehead atoms. The molecule has 3 amide bonds. The van der Waals surface area contributed by atoms with Crippen molar-refractivity contribution in [3.63, 3.8) is 0 Å². The first-order valence-electron chi connectivity index (χ1n) is 5.83. The van der Waals surface area contributed by atoms with E-state index < -0.39 is 6.03 Å². The Labute approximate surface area is 123 Å². The summed E-state index contributed by atoms with van der Waals surface area (Å²) < 4.78 is 0.891. The fourth-order valence-corrected chi connectivity index (χ4v) is 2.53. The Balaban J connectivity index is 1.77. The summed E-state index contributed by atoms with van der Waals surface area (Å²) in [6, 6.07) is 5.29. The molecule has 1 aromatic rings. The number of halogens is 1. The van der Waals surface area contributed by atoms with Crippen LogP contribution in [0.2, 0.25) is 0 Å². The van der Waals surface area contributed by atoms with Gasteiger partial charge in [0.1, 0.15) is 0 Å². The quantitative estimate of drug-likeness (QED) is 0.577. The van der Waals surface area contributed by atoms with E-state index in [1.54, 1.807) is 6.07 Å². The maximum absolute atomic E-state index is 11.6. The predicted molar refractivity (Wildman–Crippen MR) is 79.0 cm³/mol. The Morgan fingerprint density at radius 3 is 2.79 bits per heavy atom. The van der Waals surface area contributed by atoms with Crippen LogP contribution in [0.5, 0.6) is 0 Å². The number of benzene rings is 1. The van der Waals surface area contributed by atoms with Crippen LogP contribution in [0, 0.1) is 0 Å². The molecule has 1 saturated carbocycles. The molecule has 0 spiro atoms. The fourth-order valence-electron chi connectivity index (χ4n) is 1.41. The predicted octanol–water partition coefficient (Wildman–Crippen LogP) is 2.11. The van der Waals surface area contributed by atoms with Crippen molar-refractivity contribution in [1.82, 2.24) is 10.6 Å². The van der Waals surface area contributed by atoms with Gasteiger partial charge in [-0.05, 0) is 31.0 Å². The van der Waals surface area contributed by atoms with Crippen molar-refractivity contribution in [3.8, 4) is 0 Å². The van der Waals surface area contributed by atoms with Crippen molar-refractivity contribution in [2.45, 2.75) is 23.8 Å². The van der Waals surface area contributed by atoms with Crippen LogP contribution < -0.4 is 16.4 Å². The van der Waals surface area contributed by atoms with Gasteiger partial charge in [-0.1, -0.05) is 15.9 Å². The Morgan fingerprint density at radius 1 is 1.42 bits per heavy atom. The molecule has 102 valence electrons. The molecule has 7 heteroatoms. The number of carbonyl (C=O) groups excluding carboxylic acids is 2. The second-order valence-electron chi connectivity index (χ2n) is 4.27. The summed E-state index contributed by atoms with van der Waals surface area (Å²) in [5, 5.41) is 4.98. The van der Waals surface area contributed by atoms with E-state index in [4.69, 9.17) is 5.73 Å². The number of urea groups is 1. The number of carbonyl (C=O) groups is 2. The number of nitrogens with two attached hydrogens (primary N) is 1. The maximum atomic E-state index is 11.6. The zero-order chi connectivity index (χ0) is 13.8. The molecule has 1 fully saturated rings. The largest absolute Gasteiger partial charge is 0.398 e. The van der Waals surface area contributed by atoms with Gasteiger partial charge in [0.25, 0.3) is 0 Å². The van der Waals surface area contributed by atoms with Gasteiger partial charge in [0.2, 0.25) is 5.91 Å². The highest BCUT2D eigenvalue weighted by Gasteiger charge is 2.23. The molecule has 0 atom stereocenters. The van der Waals surface area contributed by atoms with E-state index in [1.807, 2.05) is 12.1 Å². The molecular weight excluding hydrogens is 330 g/mol. The molecule has 1 aliphatic rings. The summed E-state index contributed by atoms with van der Waals surface area (Å²) in [5.74, 6) is -0.172. The number of rotatable bonds is 4. The second kappa shape index (κ2) is 6.29. The summed E-state index contributed by atoms with van der Waals surface area (Å²) in [7, 11) is 0. The van der Waals surface area contributed by atoms with Crippen molar-refractivity contribution >= 4 is 45.3 Å². The van der Waals surface area contributed by atoms with E-state index in [0.29, 0.717) is 5.69 Å². The average Bonchev–Trinajstić information content (AvgIpc) is 3.11. The highest BCUT2D eigenvalue weighted by Crippen LogP contribution is 2.27. The van der Waals surface area contributed by atoms with Gasteiger partial charge in [0, 0.05) is 21.1 Å². The number of hydrogen-bond donors (Lipinski definition) is 3. The maximum Gasteiger partial charge on any atom is 0.321 e. The summed E-state index contributed by atoms with van der Waals surface area (Å²) in [5.41, 5.74) is 6.43. The lowest BCUT2D eigenvalue weighted by Gasteiger charge is -2.07. The van der Waals surface area contributed by atoms with Crippen LogP contribution in [-0.2, 0) is 4.79 Å². The van der Waals surface area contributed by atoms with Gasteiger partial charge in [-0.3, -0.25) is 10.1 Å². The minimum atomic E-state index is -0.420. The van der Waals surface area contributed by atoms with Crippen LogP contribution in [0.15, 0.2) is 27.6 Å². The normalized spacial score (nSPS) is 13.9. The molecule has 0 heterocycles. The van der Waals surface area contributed by atoms with Crippen LogP contribution in [0.3, 0.4) is 0 Å². The average molecular weight is 344 g/mol. The van der Waals surface area contributed by atoms with E-state index in [9.17, 15) is 9.59 Å². The number of imide groups is 1. The van der Waals surface area contributed by atoms with Gasteiger partial charge < -0.3 is 11.1 Å². The lowest BCUT2D eigenvalue weighted by molar-refractivity contribution is -0.117. The highest BCUT2D eigenvalue weighted by molar-refractivity contribution is 9.10. The molecule has 2 rings (SSSR count). The Morgan fingerprint density at radius 2 is 2.16 bits per heavy atom. The lowest BCUT2D eigenvalue weighted by Crippen LogP contribution is -2.41. The van der Waals surface area contributed by atoms with Gasteiger partial charge in [-0.15, -0.1) is 11.8 Å². The second-order valence-corrected chi connectivity index (χ2v) is 6.20. The first-order chi connectivity index (χ1) is 9.04. The van der Waals surface area contributed by atoms with Crippen LogP contribution >= 0.6 is 27.7 Å². The molecule has 0 aliphatic heterocycles. The third kappa shape index (κ3) is 4.76. The number of amides is 3. The summed E-state index contributed by atoms with van der Waals surface area (Å²) in [6.45, 7) is 0. The van der Waals surface area contributed by atoms with Crippen molar-refractivity contribution in [3.05, 3.63) is 22.7 Å². The first kappa shape index (κ1) is 14.2. The smallest absolute Gasteiger partial charge is 0.321 e. The molecule has 4 N–H and O–H groups in total. The molecule has 0 aromatic heterocycles. The summed E-state index contributed by atoms with van der Waals surface area (Å²) in [6.07, 6.45) is 1.98. The van der Waals surface area contributed by atoms with Crippen molar-refractivity contribution in [1.29, 1.82) is 0 Å². The van der Waals surface area contributed by atoms with Gasteiger partial charge in [0.15, 0.2) is 0 Å². The van der Waals surface area contributed by atoms with E-state index in [1.165, 1.54) is 11.8 Å². The fraction of sp³-hybridized carbons (Fsp3) is 0.333. The van der Waals surface area contributed by atoms with E-state index >= 15 is 0 Å². The third-order valence-corrected chi connectivity index (χ3v) is 4.08. The number of nitrogen functional groups attached to an aromatic ring is 1. The number of nitrogens with one attached hydrogen (secondary N) is 2. The van der Waals surface area contributed by atoms with Crippen molar-refractivity contribution in [2.24, 2.45) is 0 Å². The van der Waals surface area contributed by atoms with E-state index in [-0.39, 0.29) is 17.7 Å². The minimum Gasteiger partial charge on any atom is -0.398 e. The summed E-state index contributed by atoms with van der Waals surface area (Å²) >= 11 is 4.62. The molecule has 1 aromatic carbocycles. The summed E-state index contributed by atoms with van der Waals surface area (Å²) in [4.78, 5) is 23.7. The van der Waals surface area contributed by atoms with Crippen molar-refractivity contribution < 1.29 is 9.59 Å². The monoisotopic (exact) mass is 343 g/mol. The van der Waals surface area contributed by atoms with Crippen LogP contribution in [0.25, 0.3) is 0 Å². The topological polar surface area (TPSA) is 84.2 Å². The van der Waals surface area contributed by atoms with Gasteiger partial charge in [0.05, 0.1) is 5.75 Å². The van der Waals surface area contributed by atoms with Gasteiger partial charge in [-0.25, -0.2) is 4.79 Å². The SMILES string of the molecule is Nc1cc(Br)ccc1SCC(=O)NC(=O)NC1CC1. The zero-order valence-electron chi connectivity index (χ0n) is 10.1. The Bertz CT molecular complexity index is 506. The lowest BCUT2D eigenvalue weighted by atomic mass is 10.3. The first-order valence-corrected chi connectivity index (χ1v) is 7.60. The molecule has 1 aliphatic carbocycles. The van der Waals surface area contributed by atoms with Crippen LogP contribution in [0.1, 0.15) is 12.8 Å². The zero-order valence-corrected chi connectivity index (χ0v) is 12.5.